The van der Waals surface area contributed by atoms with Gasteiger partial charge in [-0.25, -0.2) is 4.39 Å². The lowest BCUT2D eigenvalue weighted by Gasteiger charge is -2.32. The molecule has 1 aliphatic carbocycles. The highest BCUT2D eigenvalue weighted by molar-refractivity contribution is 5.76. The van der Waals surface area contributed by atoms with E-state index < -0.39 is 0 Å². The van der Waals surface area contributed by atoms with Crippen LogP contribution >= 0.6 is 0 Å². The normalized spacial score (nSPS) is 23.1. The Balaban J connectivity index is 1.35. The molecular weight excluding hydrogens is 369 g/mol. The monoisotopic (exact) mass is 399 g/mol. The summed E-state index contributed by atoms with van der Waals surface area (Å²) >= 11 is 0. The quantitative estimate of drug-likeness (QED) is 0.768. The lowest BCUT2D eigenvalue weighted by molar-refractivity contribution is -0.123. The van der Waals surface area contributed by atoms with Gasteiger partial charge in [0.15, 0.2) is 5.76 Å². The fourth-order valence-corrected chi connectivity index (χ4v) is 4.68. The fourth-order valence-electron chi connectivity index (χ4n) is 4.68. The van der Waals surface area contributed by atoms with E-state index in [0.717, 1.165) is 50.0 Å². The number of carbonyl (C=O) groups excluding carboxylic acids is 1. The molecule has 0 spiro atoms. The molecule has 1 saturated heterocycles. The van der Waals surface area contributed by atoms with Crippen LogP contribution in [0.15, 0.2) is 34.9 Å². The topological polar surface area (TPSA) is 67.2 Å². The van der Waals surface area contributed by atoms with E-state index in [0.29, 0.717) is 30.1 Å². The van der Waals surface area contributed by atoms with Gasteiger partial charge in [-0.1, -0.05) is 24.4 Å². The molecule has 156 valence electrons. The second-order valence-electron chi connectivity index (χ2n) is 8.51. The minimum absolute atomic E-state index is 0.195. The van der Waals surface area contributed by atoms with Crippen LogP contribution in [-0.2, 0) is 11.2 Å². The maximum absolute atomic E-state index is 13.1. The first kappa shape index (κ1) is 20.1. The summed E-state index contributed by atoms with van der Waals surface area (Å²) in [5.74, 6) is 1.28. The molecule has 1 saturated carbocycles. The van der Waals surface area contributed by atoms with Crippen molar-refractivity contribution in [2.75, 3.05) is 13.1 Å². The average molecular weight is 400 g/mol. The molecule has 1 aliphatic heterocycles. The Bertz CT molecular complexity index is 799. The molecule has 4 rings (SSSR count). The lowest BCUT2D eigenvalue weighted by Crippen LogP contribution is -2.42. The third kappa shape index (κ3) is 5.44. The van der Waals surface area contributed by atoms with Gasteiger partial charge in [0.05, 0.1) is 5.69 Å². The molecule has 0 bridgehead atoms. The molecule has 2 aliphatic rings. The summed E-state index contributed by atoms with van der Waals surface area (Å²) in [6, 6.07) is 8.53. The van der Waals surface area contributed by atoms with E-state index in [1.807, 2.05) is 6.07 Å². The smallest absolute Gasteiger partial charge is 0.220 e. The van der Waals surface area contributed by atoms with Crippen LogP contribution in [0.4, 0.5) is 4.39 Å². The van der Waals surface area contributed by atoms with Crippen LogP contribution in [0.5, 0.6) is 0 Å². The Morgan fingerprint density at radius 3 is 2.72 bits per heavy atom. The summed E-state index contributed by atoms with van der Waals surface area (Å²) in [6.07, 6.45) is 8.35. The predicted molar refractivity (Wildman–Crippen MR) is 110 cm³/mol. The number of benzene rings is 1. The molecule has 6 heteroatoms. The van der Waals surface area contributed by atoms with E-state index in [1.54, 1.807) is 12.1 Å². The van der Waals surface area contributed by atoms with Gasteiger partial charge in [0, 0.05) is 24.1 Å². The Morgan fingerprint density at radius 2 is 1.93 bits per heavy atom. The molecular formula is C23H30FN3O2. The predicted octanol–water partition coefficient (Wildman–Crippen LogP) is 4.09. The number of nitrogens with one attached hydrogen (secondary N) is 2. The first-order valence-electron chi connectivity index (χ1n) is 10.9. The van der Waals surface area contributed by atoms with Crippen molar-refractivity contribution in [1.82, 2.24) is 15.8 Å². The lowest BCUT2D eigenvalue weighted by atomic mass is 9.81. The number of carbonyl (C=O) groups is 1. The third-order valence-electron chi connectivity index (χ3n) is 6.34. The minimum Gasteiger partial charge on any atom is -0.356 e. The van der Waals surface area contributed by atoms with Gasteiger partial charge in [0.25, 0.3) is 0 Å². The Labute approximate surface area is 171 Å². The summed E-state index contributed by atoms with van der Waals surface area (Å²) in [5, 5.41) is 10.9. The zero-order valence-corrected chi connectivity index (χ0v) is 16.8. The van der Waals surface area contributed by atoms with Crippen LogP contribution in [0.3, 0.4) is 0 Å². The van der Waals surface area contributed by atoms with E-state index >= 15 is 0 Å². The molecule has 0 unspecified atom stereocenters. The summed E-state index contributed by atoms with van der Waals surface area (Å²) in [5.41, 5.74) is 1.70. The van der Waals surface area contributed by atoms with E-state index in [9.17, 15) is 9.18 Å². The molecule has 2 fully saturated rings. The van der Waals surface area contributed by atoms with Crippen LogP contribution in [0.1, 0.15) is 50.6 Å². The number of hydrogen-bond acceptors (Lipinski definition) is 4. The van der Waals surface area contributed by atoms with E-state index in [2.05, 4.69) is 15.8 Å². The van der Waals surface area contributed by atoms with E-state index in [4.69, 9.17) is 4.52 Å². The second kappa shape index (κ2) is 9.53. The molecule has 1 aromatic carbocycles. The second-order valence-corrected chi connectivity index (χ2v) is 8.51. The number of piperidine rings is 1. The van der Waals surface area contributed by atoms with Crippen LogP contribution in [0, 0.1) is 17.7 Å². The Morgan fingerprint density at radius 1 is 1.14 bits per heavy atom. The number of hydrogen-bond donors (Lipinski definition) is 2. The average Bonchev–Trinajstić information content (AvgIpc) is 3.19. The van der Waals surface area contributed by atoms with Crippen LogP contribution in [0.25, 0.3) is 11.3 Å². The molecule has 1 aromatic heterocycles. The maximum atomic E-state index is 13.1. The molecule has 2 aromatic rings. The van der Waals surface area contributed by atoms with Gasteiger partial charge in [-0.15, -0.1) is 0 Å². The van der Waals surface area contributed by atoms with Crippen LogP contribution in [0.2, 0.25) is 0 Å². The van der Waals surface area contributed by atoms with Gasteiger partial charge >= 0.3 is 0 Å². The zero-order chi connectivity index (χ0) is 20.1. The first-order chi connectivity index (χ1) is 14.2. The van der Waals surface area contributed by atoms with Crippen molar-refractivity contribution in [2.24, 2.45) is 11.8 Å². The highest BCUT2D eigenvalue weighted by Gasteiger charge is 2.29. The number of aromatic nitrogens is 1. The SMILES string of the molecule is O=C(C[C@@H]1CCNC[C@H]1Cc1cc(-c2ccc(F)cc2)on1)NC1CCCCC1. The Hall–Kier alpha value is -2.21. The third-order valence-corrected chi connectivity index (χ3v) is 6.34. The van der Waals surface area contributed by atoms with Crippen molar-refractivity contribution in [3.63, 3.8) is 0 Å². The van der Waals surface area contributed by atoms with Crippen LogP contribution < -0.4 is 10.6 Å². The van der Waals surface area contributed by atoms with Gasteiger partial charge in [0.2, 0.25) is 5.91 Å². The van der Waals surface area contributed by atoms with Crippen molar-refractivity contribution >= 4 is 5.91 Å². The molecule has 2 heterocycles. The molecule has 1 amide bonds. The molecule has 0 radical (unpaired) electrons. The Kier molecular flexibility index (Phi) is 6.60. The summed E-state index contributed by atoms with van der Waals surface area (Å²) in [4.78, 5) is 12.6. The standard InChI is InChI=1S/C23H30FN3O2/c24-19-8-6-16(7-9-19)22-14-21(27-29-22)12-18-15-25-11-10-17(18)13-23(28)26-20-4-2-1-3-5-20/h6-9,14,17-18,20,25H,1-5,10-13,15H2,(H,26,28)/t17-,18+/m0/s1. The fraction of sp³-hybridized carbons (Fsp3) is 0.565. The van der Waals surface area contributed by atoms with E-state index in [1.165, 1.54) is 31.4 Å². The largest absolute Gasteiger partial charge is 0.356 e. The highest BCUT2D eigenvalue weighted by atomic mass is 19.1. The van der Waals surface area contributed by atoms with E-state index in [-0.39, 0.29) is 11.7 Å². The number of rotatable bonds is 6. The van der Waals surface area contributed by atoms with Crippen molar-refractivity contribution in [1.29, 1.82) is 0 Å². The summed E-state index contributed by atoms with van der Waals surface area (Å²) in [6.45, 7) is 1.84. The number of amides is 1. The zero-order valence-electron chi connectivity index (χ0n) is 16.8. The molecule has 2 N–H and O–H groups in total. The summed E-state index contributed by atoms with van der Waals surface area (Å²) < 4.78 is 18.6. The van der Waals surface area contributed by atoms with Crippen molar-refractivity contribution in [3.8, 4) is 11.3 Å². The van der Waals surface area contributed by atoms with Crippen molar-refractivity contribution in [2.45, 2.75) is 57.4 Å². The minimum atomic E-state index is -0.267. The molecule has 2 atom stereocenters. The molecule has 5 nitrogen and oxygen atoms in total. The van der Waals surface area contributed by atoms with Gasteiger partial charge in [-0.2, -0.15) is 0 Å². The summed E-state index contributed by atoms with van der Waals surface area (Å²) in [7, 11) is 0. The number of halogens is 1. The first-order valence-corrected chi connectivity index (χ1v) is 10.9. The van der Waals surface area contributed by atoms with Gasteiger partial charge in [-0.3, -0.25) is 4.79 Å². The van der Waals surface area contributed by atoms with Crippen molar-refractivity contribution < 1.29 is 13.7 Å². The van der Waals surface area contributed by atoms with Gasteiger partial charge < -0.3 is 15.2 Å². The van der Waals surface area contributed by atoms with Gasteiger partial charge in [0.1, 0.15) is 5.82 Å². The molecule has 29 heavy (non-hydrogen) atoms. The maximum Gasteiger partial charge on any atom is 0.220 e. The van der Waals surface area contributed by atoms with Gasteiger partial charge in [-0.05, 0) is 74.9 Å². The van der Waals surface area contributed by atoms with Crippen molar-refractivity contribution in [3.05, 3.63) is 41.8 Å². The highest BCUT2D eigenvalue weighted by Crippen LogP contribution is 2.28. The number of nitrogens with zero attached hydrogens (tertiary/aromatic N) is 1. The van der Waals surface area contributed by atoms with Crippen LogP contribution in [-0.4, -0.2) is 30.2 Å².